The van der Waals surface area contributed by atoms with Crippen molar-refractivity contribution in [3.8, 4) is 0 Å². The summed E-state index contributed by atoms with van der Waals surface area (Å²) in [5.41, 5.74) is 1.66. The first-order valence-corrected chi connectivity index (χ1v) is 24.9. The number of aromatic nitrogens is 6. The van der Waals surface area contributed by atoms with Gasteiger partial charge >= 0.3 is 0 Å². The number of hydrogen-bond donors (Lipinski definition) is 12. The molecule has 12 N–H and O–H groups in total. The van der Waals surface area contributed by atoms with Crippen LogP contribution in [-0.2, 0) is 39.0 Å². The number of nitrogens with zero attached hydrogens (tertiary/aromatic N) is 8. The van der Waals surface area contributed by atoms with Crippen molar-refractivity contribution < 1.29 is 75.6 Å². The van der Waals surface area contributed by atoms with Gasteiger partial charge in [0.2, 0.25) is 35.7 Å². The second kappa shape index (κ2) is 26.3. The smallest absolute Gasteiger partial charge is 0.295 e. The number of aliphatic hydroxyl groups excluding tert-OH is 4. The van der Waals surface area contributed by atoms with Gasteiger partial charge in [0.15, 0.2) is 0 Å². The number of anilines is 10. The maximum absolute atomic E-state index is 12.8. The van der Waals surface area contributed by atoms with Gasteiger partial charge in [-0.15, -0.1) is 8.67 Å². The first-order valence-electron chi connectivity index (χ1n) is 20.6. The first kappa shape index (κ1) is 54.9. The molecule has 28 nitrogen and oxygen atoms in total. The van der Waals surface area contributed by atoms with Gasteiger partial charge in [-0.05, 0) is 83.9 Å². The summed E-state index contributed by atoms with van der Waals surface area (Å²) in [5, 5.41) is 75.6. The molecule has 2 heterocycles. The number of nitrogens with one attached hydrogen (secondary N) is 4. The van der Waals surface area contributed by atoms with Crippen molar-refractivity contribution in [2.24, 2.45) is 0 Å². The molecule has 0 fully saturated rings. The minimum Gasteiger partial charge on any atom is -0.395 e. The molecule has 0 saturated heterocycles. The fourth-order valence-corrected chi connectivity index (χ4v) is 8.30. The molecule has 4 aromatic carbocycles. The van der Waals surface area contributed by atoms with E-state index in [0.717, 1.165) is 30.2 Å². The quantitative estimate of drug-likeness (QED) is 0.0108. The molecule has 0 atom stereocenters. The Hall–Kier alpha value is -6.44. The van der Waals surface area contributed by atoms with Crippen LogP contribution in [0.4, 0.5) is 58.4 Å². The SMILES string of the molecule is O=S(=O)(O)c1ccc(Nc2nc(Nc3ccc(C=Cc4ccc(Nc5nc(Nc6ccc(SOOO)cc6)nc(N(CCO)CCO)n5)cc4S(=O)(=O)O)c(SOOO)c3)nc(N(CCO)CCO)n2)cc1. The Bertz CT molecular complexity index is 2990. The van der Waals surface area contributed by atoms with Crippen molar-refractivity contribution in [3.05, 3.63) is 96.1 Å². The van der Waals surface area contributed by atoms with Gasteiger partial charge in [-0.3, -0.25) is 9.11 Å². The molecule has 0 amide bonds. The van der Waals surface area contributed by atoms with Gasteiger partial charge in [-0.25, -0.2) is 10.5 Å². The predicted octanol–water partition coefficient (Wildman–Crippen LogP) is 4.13. The van der Waals surface area contributed by atoms with E-state index in [9.17, 15) is 46.4 Å². The summed E-state index contributed by atoms with van der Waals surface area (Å²) in [6.07, 6.45) is 2.86. The van der Waals surface area contributed by atoms with Crippen molar-refractivity contribution in [3.63, 3.8) is 0 Å². The average Bonchev–Trinajstić information content (AvgIpc) is 3.35. The van der Waals surface area contributed by atoms with Crippen LogP contribution in [0.5, 0.6) is 0 Å². The van der Waals surface area contributed by atoms with Gasteiger partial charge in [-0.1, -0.05) is 34.4 Å². The van der Waals surface area contributed by atoms with E-state index in [2.05, 4.69) is 65.6 Å². The molecule has 0 saturated carbocycles. The van der Waals surface area contributed by atoms with Crippen LogP contribution in [0.2, 0.25) is 0 Å². The summed E-state index contributed by atoms with van der Waals surface area (Å²) < 4.78 is 77.7. The lowest BCUT2D eigenvalue weighted by molar-refractivity contribution is -0.432. The number of hydrogen-bond acceptors (Lipinski definition) is 28. The van der Waals surface area contributed by atoms with Gasteiger partial charge in [0, 0.05) is 58.7 Å². The predicted molar refractivity (Wildman–Crippen MR) is 261 cm³/mol. The topological polar surface area (TPSA) is 399 Å². The molecule has 0 aliphatic carbocycles. The van der Waals surface area contributed by atoms with Crippen molar-refractivity contribution in [2.75, 3.05) is 83.7 Å². The van der Waals surface area contributed by atoms with Gasteiger partial charge in [0.1, 0.15) is 4.90 Å². The summed E-state index contributed by atoms with van der Waals surface area (Å²) in [6, 6.07) is 20.3. The minimum atomic E-state index is -4.90. The minimum absolute atomic E-state index is 0.00512. The molecule has 2 aromatic heterocycles. The fourth-order valence-electron chi connectivity index (χ4n) is 6.24. The maximum Gasteiger partial charge on any atom is 0.295 e. The van der Waals surface area contributed by atoms with Crippen molar-refractivity contribution >= 4 is 115 Å². The third kappa shape index (κ3) is 16.0. The van der Waals surface area contributed by atoms with Gasteiger partial charge in [-0.2, -0.15) is 46.7 Å². The van der Waals surface area contributed by atoms with Gasteiger partial charge in [0.25, 0.3) is 20.2 Å². The molecule has 0 aliphatic heterocycles. The van der Waals surface area contributed by atoms with Crippen molar-refractivity contribution in [1.29, 1.82) is 0 Å². The van der Waals surface area contributed by atoms with Crippen LogP contribution in [0.1, 0.15) is 11.1 Å². The highest BCUT2D eigenvalue weighted by Crippen LogP contribution is 2.32. The zero-order valence-electron chi connectivity index (χ0n) is 36.9. The highest BCUT2D eigenvalue weighted by atomic mass is 32.2. The molecule has 384 valence electrons. The zero-order chi connectivity index (χ0) is 51.7. The van der Waals surface area contributed by atoms with Gasteiger partial charge in [0.05, 0.1) is 55.4 Å². The Morgan fingerprint density at radius 1 is 0.500 bits per heavy atom. The van der Waals surface area contributed by atoms with Crippen LogP contribution in [0.15, 0.2) is 105 Å². The molecule has 6 aromatic rings. The lowest BCUT2D eigenvalue weighted by Crippen LogP contribution is -2.31. The average molecular weight is 1080 g/mol. The summed E-state index contributed by atoms with van der Waals surface area (Å²) in [7, 11) is -9.36. The Labute approximate surface area is 418 Å². The summed E-state index contributed by atoms with van der Waals surface area (Å²) in [6.45, 7) is -1.13. The second-order valence-corrected chi connectivity index (χ2v) is 18.6. The lowest BCUT2D eigenvalue weighted by Gasteiger charge is -2.21. The summed E-state index contributed by atoms with van der Waals surface area (Å²) in [5.74, 6) is -0.136. The number of rotatable bonds is 28. The van der Waals surface area contributed by atoms with E-state index in [4.69, 9.17) is 14.8 Å². The molecule has 0 unspecified atom stereocenters. The molecule has 72 heavy (non-hydrogen) atoms. The van der Waals surface area contributed by atoms with Crippen LogP contribution in [0.25, 0.3) is 12.2 Å². The van der Waals surface area contributed by atoms with Crippen LogP contribution in [0.3, 0.4) is 0 Å². The molecule has 0 aliphatic rings. The fraction of sp³-hybridized carbons (Fsp3) is 0.200. The van der Waals surface area contributed by atoms with E-state index in [1.165, 1.54) is 52.3 Å². The third-order valence-electron chi connectivity index (χ3n) is 9.39. The Morgan fingerprint density at radius 2 is 0.903 bits per heavy atom. The highest BCUT2D eigenvalue weighted by molar-refractivity contribution is 7.94. The normalized spacial score (nSPS) is 11.7. The van der Waals surface area contributed by atoms with E-state index in [1.54, 1.807) is 36.4 Å². The lowest BCUT2D eigenvalue weighted by atomic mass is 10.1. The van der Waals surface area contributed by atoms with E-state index in [0.29, 0.717) is 39.6 Å². The highest BCUT2D eigenvalue weighted by Gasteiger charge is 2.20. The first-order chi connectivity index (χ1) is 34.6. The Balaban J connectivity index is 1.29. The maximum atomic E-state index is 12.8. The third-order valence-corrected chi connectivity index (χ3v) is 12.4. The van der Waals surface area contributed by atoms with E-state index in [1.807, 2.05) is 0 Å². The van der Waals surface area contributed by atoms with E-state index in [-0.39, 0.29) is 109 Å². The molecular formula is C40H44N12O16S4. The van der Waals surface area contributed by atoms with Crippen molar-refractivity contribution in [1.82, 2.24) is 29.9 Å². The molecule has 0 bridgehead atoms. The number of benzene rings is 4. The van der Waals surface area contributed by atoms with Crippen LogP contribution in [0, 0.1) is 0 Å². The summed E-state index contributed by atoms with van der Waals surface area (Å²) in [4.78, 5) is 29.4. The Kier molecular flexibility index (Phi) is 20.1. The molecular weight excluding hydrogens is 1030 g/mol. The van der Waals surface area contributed by atoms with Crippen molar-refractivity contribution in [2.45, 2.75) is 19.6 Å². The molecule has 0 radical (unpaired) electrons. The monoisotopic (exact) mass is 1080 g/mol. The van der Waals surface area contributed by atoms with Crippen LogP contribution >= 0.6 is 24.1 Å². The summed E-state index contributed by atoms with van der Waals surface area (Å²) >= 11 is 1.30. The molecule has 6 rings (SSSR count). The Morgan fingerprint density at radius 3 is 1.35 bits per heavy atom. The largest absolute Gasteiger partial charge is 0.395 e. The molecule has 32 heteroatoms. The van der Waals surface area contributed by atoms with E-state index < -0.39 is 25.1 Å². The van der Waals surface area contributed by atoms with Crippen LogP contribution in [-0.4, -0.2) is 139 Å². The van der Waals surface area contributed by atoms with Gasteiger partial charge < -0.3 is 51.5 Å². The van der Waals surface area contributed by atoms with E-state index >= 15 is 0 Å². The standard InChI is InChI=1S/C40H44N12O16S4/c53-19-15-51(16-20-54)39-48-36(42-28-9-13-32(14-10-28)71(59,60)61)45-37(49-39)43-29-5-3-25(33(23-29)70-68-66-58)1-2-26-4-6-30(24-34(26)72(62,63)64)44-38-46-35(47-40(50-38)52(17-21-55)18-22-56)41-27-7-11-31(12-8-27)69-67-65-57/h1-14,23-24,53-58H,15-22H2,(H,59,60,61)(H,62,63,64)(H2,41,44,46,47,50)(H2,42,43,45,48,49). The zero-order valence-corrected chi connectivity index (χ0v) is 40.2. The van der Waals surface area contributed by atoms with Crippen LogP contribution < -0.4 is 31.1 Å². The number of aliphatic hydroxyl groups is 4. The second-order valence-electron chi connectivity index (χ2n) is 14.2. The molecule has 0 spiro atoms.